The van der Waals surface area contributed by atoms with Gasteiger partial charge >= 0.3 is 5.97 Å². The highest BCUT2D eigenvalue weighted by molar-refractivity contribution is 5.84. The Morgan fingerprint density at radius 3 is 2.19 bits per heavy atom. The molecule has 0 aromatic heterocycles. The van der Waals surface area contributed by atoms with Gasteiger partial charge in [-0.15, -0.1) is 0 Å². The number of esters is 1. The zero-order valence-electron chi connectivity index (χ0n) is 21.3. The predicted molar refractivity (Wildman–Crippen MR) is 124 cm³/mol. The molecule has 1 heterocycles. The number of ether oxygens (including phenoxy) is 2. The van der Waals surface area contributed by atoms with Crippen molar-refractivity contribution in [1.82, 2.24) is 10.2 Å². The van der Waals surface area contributed by atoms with Crippen LogP contribution in [0.25, 0.3) is 0 Å². The molecule has 184 valence electrons. The summed E-state index contributed by atoms with van der Waals surface area (Å²) in [7, 11) is 0. The second-order valence-corrected chi connectivity index (χ2v) is 12.3. The van der Waals surface area contributed by atoms with Crippen LogP contribution in [0.1, 0.15) is 93.9 Å². The monoisotopic (exact) mass is 452 g/mol. The topological polar surface area (TPSA) is 84.9 Å². The van der Waals surface area contributed by atoms with Gasteiger partial charge in [0.05, 0.1) is 5.41 Å². The molecule has 0 radical (unpaired) electrons. The molecule has 2 aliphatic rings. The van der Waals surface area contributed by atoms with Crippen molar-refractivity contribution in [3.05, 3.63) is 0 Å². The first-order valence-corrected chi connectivity index (χ1v) is 12.0. The van der Waals surface area contributed by atoms with Crippen molar-refractivity contribution in [2.24, 2.45) is 16.7 Å². The summed E-state index contributed by atoms with van der Waals surface area (Å²) in [5.41, 5.74) is -0.852. The molecule has 3 atom stereocenters. The van der Waals surface area contributed by atoms with Gasteiger partial charge in [-0.2, -0.15) is 0 Å². The van der Waals surface area contributed by atoms with Crippen LogP contribution in [0.5, 0.6) is 0 Å². The maximum atomic E-state index is 13.5. The molecule has 1 saturated carbocycles. The van der Waals surface area contributed by atoms with Crippen LogP contribution in [-0.4, -0.2) is 53.7 Å². The van der Waals surface area contributed by atoms with Gasteiger partial charge in [0.25, 0.3) is 0 Å². The summed E-state index contributed by atoms with van der Waals surface area (Å²) in [6.45, 7) is 16.2. The summed E-state index contributed by atoms with van der Waals surface area (Å²) in [4.78, 5) is 40.0. The van der Waals surface area contributed by atoms with Crippen LogP contribution < -0.4 is 5.32 Å². The van der Waals surface area contributed by atoms with E-state index in [1.165, 1.54) is 4.90 Å². The molecule has 32 heavy (non-hydrogen) atoms. The smallest absolute Gasteiger partial charge is 0.311 e. The van der Waals surface area contributed by atoms with Gasteiger partial charge < -0.3 is 19.7 Å². The van der Waals surface area contributed by atoms with Crippen LogP contribution in [0.4, 0.5) is 0 Å². The fraction of sp³-hybridized carbons (Fsp3) is 0.880. The number of amides is 2. The van der Waals surface area contributed by atoms with Crippen LogP contribution in [0.2, 0.25) is 0 Å². The van der Waals surface area contributed by atoms with Crippen LogP contribution in [0, 0.1) is 16.7 Å². The molecular formula is C25H44N2O5. The number of nitrogens with one attached hydrogen (secondary N) is 1. The zero-order chi connectivity index (χ0) is 24.3. The predicted octanol–water partition coefficient (Wildman–Crippen LogP) is 4.04. The first-order valence-electron chi connectivity index (χ1n) is 12.0. The molecule has 1 aliphatic heterocycles. The Morgan fingerprint density at radius 2 is 1.69 bits per heavy atom. The second kappa shape index (κ2) is 10.1. The first-order chi connectivity index (χ1) is 14.6. The van der Waals surface area contributed by atoms with E-state index in [4.69, 9.17) is 9.47 Å². The van der Waals surface area contributed by atoms with Crippen molar-refractivity contribution >= 4 is 18.3 Å². The summed E-state index contributed by atoms with van der Waals surface area (Å²) in [5.74, 6) is -0.483. The lowest BCUT2D eigenvalue weighted by molar-refractivity contribution is -0.200. The molecule has 2 fully saturated rings. The maximum Gasteiger partial charge on any atom is 0.311 e. The Labute approximate surface area is 194 Å². The maximum absolute atomic E-state index is 13.5. The molecule has 0 aromatic carbocycles. The molecule has 2 rings (SSSR count). The molecule has 0 aromatic rings. The van der Waals surface area contributed by atoms with Crippen molar-refractivity contribution in [1.29, 1.82) is 0 Å². The number of carbonyl (C=O) groups excluding carboxylic acids is 3. The van der Waals surface area contributed by atoms with Crippen molar-refractivity contribution in [3.8, 4) is 0 Å². The van der Waals surface area contributed by atoms with E-state index in [-0.39, 0.29) is 23.2 Å². The third kappa shape index (κ3) is 7.19. The molecule has 7 nitrogen and oxygen atoms in total. The molecule has 7 heteroatoms. The van der Waals surface area contributed by atoms with Gasteiger partial charge in [0.2, 0.25) is 12.3 Å². The van der Waals surface area contributed by atoms with E-state index < -0.39 is 29.3 Å². The minimum atomic E-state index is -0.766. The average Bonchev–Trinajstić information content (AvgIpc) is 2.65. The SMILES string of the molecule is CC1(C)CCC([C@@H](C(=O)NC(C)(C)C)N(C=O)C2OCCC[C@@H]2OC(=O)C(C)(C)C)CC1. The fourth-order valence-corrected chi connectivity index (χ4v) is 4.51. The summed E-state index contributed by atoms with van der Waals surface area (Å²) in [6.07, 6.45) is 4.40. The van der Waals surface area contributed by atoms with Crippen LogP contribution >= 0.6 is 0 Å². The average molecular weight is 453 g/mol. The normalized spacial score (nSPS) is 25.5. The number of hydrogen-bond donors (Lipinski definition) is 1. The van der Waals surface area contributed by atoms with E-state index >= 15 is 0 Å². The third-order valence-electron chi connectivity index (χ3n) is 6.44. The van der Waals surface area contributed by atoms with E-state index in [1.54, 1.807) is 20.8 Å². The molecule has 0 spiro atoms. The van der Waals surface area contributed by atoms with Crippen molar-refractivity contribution < 1.29 is 23.9 Å². The number of hydrogen-bond acceptors (Lipinski definition) is 5. The Kier molecular flexibility index (Phi) is 8.41. The van der Waals surface area contributed by atoms with Crippen molar-refractivity contribution in [2.45, 2.75) is 118 Å². The number of rotatable bonds is 6. The number of carbonyl (C=O) groups is 3. The Balaban J connectivity index is 2.33. The molecule has 1 unspecified atom stereocenters. The Morgan fingerprint density at radius 1 is 1.09 bits per heavy atom. The van der Waals surface area contributed by atoms with Gasteiger partial charge in [0.1, 0.15) is 12.1 Å². The highest BCUT2D eigenvalue weighted by Crippen LogP contribution is 2.41. The molecule has 1 aliphatic carbocycles. The van der Waals surface area contributed by atoms with Crippen LogP contribution in [-0.2, 0) is 23.9 Å². The van der Waals surface area contributed by atoms with E-state index in [1.807, 2.05) is 20.8 Å². The third-order valence-corrected chi connectivity index (χ3v) is 6.44. The van der Waals surface area contributed by atoms with Gasteiger partial charge in [-0.05, 0) is 91.4 Å². The highest BCUT2D eigenvalue weighted by Gasteiger charge is 2.45. The number of nitrogens with zero attached hydrogens (tertiary/aromatic N) is 1. The summed E-state index contributed by atoms with van der Waals surface area (Å²) in [5, 5.41) is 3.07. The van der Waals surface area contributed by atoms with Gasteiger partial charge in [-0.1, -0.05) is 13.8 Å². The lowest BCUT2D eigenvalue weighted by Crippen LogP contribution is -2.61. The standard InChI is InChI=1S/C25H44N2O5/c1-23(2,3)22(30)32-18-10-9-15-31-21(18)27(16-28)19(20(29)26-24(4,5)6)17-11-13-25(7,8)14-12-17/h16-19,21H,9-15H2,1-8H3,(H,26,29)/t18-,19-,21?/m0/s1. The minimum absolute atomic E-state index is 0.0278. The van der Waals surface area contributed by atoms with Crippen LogP contribution in [0.3, 0.4) is 0 Å². The van der Waals surface area contributed by atoms with E-state index in [0.717, 1.165) is 32.1 Å². The van der Waals surface area contributed by atoms with E-state index in [2.05, 4.69) is 19.2 Å². The first kappa shape index (κ1) is 26.6. The molecule has 0 bridgehead atoms. The van der Waals surface area contributed by atoms with Crippen molar-refractivity contribution in [3.63, 3.8) is 0 Å². The largest absolute Gasteiger partial charge is 0.457 e. The lowest BCUT2D eigenvalue weighted by atomic mass is 9.70. The molecule has 1 N–H and O–H groups in total. The van der Waals surface area contributed by atoms with Crippen LogP contribution in [0.15, 0.2) is 0 Å². The van der Waals surface area contributed by atoms with Gasteiger partial charge in [0, 0.05) is 12.1 Å². The molecule has 2 amide bonds. The van der Waals surface area contributed by atoms with Gasteiger partial charge in [-0.25, -0.2) is 0 Å². The van der Waals surface area contributed by atoms with E-state index in [9.17, 15) is 14.4 Å². The summed E-state index contributed by atoms with van der Waals surface area (Å²) in [6, 6.07) is -0.665. The Bertz CT molecular complexity index is 667. The quantitative estimate of drug-likeness (QED) is 0.486. The van der Waals surface area contributed by atoms with Gasteiger partial charge in [0.15, 0.2) is 6.23 Å². The summed E-state index contributed by atoms with van der Waals surface area (Å²) >= 11 is 0. The Hall–Kier alpha value is -1.63. The van der Waals surface area contributed by atoms with E-state index in [0.29, 0.717) is 19.4 Å². The lowest BCUT2D eigenvalue weighted by Gasteiger charge is -2.45. The fourth-order valence-electron chi connectivity index (χ4n) is 4.51. The summed E-state index contributed by atoms with van der Waals surface area (Å²) < 4.78 is 11.8. The van der Waals surface area contributed by atoms with Crippen molar-refractivity contribution in [2.75, 3.05) is 6.61 Å². The zero-order valence-corrected chi connectivity index (χ0v) is 21.3. The second-order valence-electron chi connectivity index (χ2n) is 12.3. The molecular weight excluding hydrogens is 408 g/mol. The highest BCUT2D eigenvalue weighted by atomic mass is 16.6. The molecule has 1 saturated heterocycles. The van der Waals surface area contributed by atoms with Gasteiger partial charge in [-0.3, -0.25) is 14.4 Å². The minimum Gasteiger partial charge on any atom is -0.457 e.